The maximum atomic E-state index is 12.6. The number of aryl methyl sites for hydroxylation is 1. The van der Waals surface area contributed by atoms with E-state index in [4.69, 9.17) is 4.52 Å². The third kappa shape index (κ3) is 4.67. The maximum absolute atomic E-state index is 12.6. The number of likely N-dealkylation sites (tertiary alicyclic amines) is 1. The molecule has 0 bridgehead atoms. The van der Waals surface area contributed by atoms with Gasteiger partial charge in [0.1, 0.15) is 0 Å². The Hall–Kier alpha value is -2.67. The van der Waals surface area contributed by atoms with Crippen LogP contribution in [0.15, 0.2) is 57.5 Å². The van der Waals surface area contributed by atoms with Crippen molar-refractivity contribution in [3.05, 3.63) is 64.5 Å². The van der Waals surface area contributed by atoms with E-state index in [1.165, 1.54) is 5.56 Å². The molecular formula is C22H23BrN4O2. The molecule has 1 aliphatic heterocycles. The minimum atomic E-state index is -0.0576. The minimum absolute atomic E-state index is 0.0576. The summed E-state index contributed by atoms with van der Waals surface area (Å²) < 4.78 is 6.52. The van der Waals surface area contributed by atoms with Crippen molar-refractivity contribution in [2.45, 2.75) is 32.1 Å². The van der Waals surface area contributed by atoms with E-state index < -0.39 is 0 Å². The van der Waals surface area contributed by atoms with Crippen molar-refractivity contribution in [2.75, 3.05) is 18.4 Å². The van der Waals surface area contributed by atoms with Crippen LogP contribution in [-0.4, -0.2) is 34.2 Å². The minimum Gasteiger partial charge on any atom is -0.339 e. The van der Waals surface area contributed by atoms with Crippen molar-refractivity contribution in [1.29, 1.82) is 0 Å². The lowest BCUT2D eigenvalue weighted by Crippen LogP contribution is -2.40. The molecule has 0 saturated carbocycles. The molecule has 2 aromatic carbocycles. The van der Waals surface area contributed by atoms with Gasteiger partial charge in [-0.25, -0.2) is 4.79 Å². The highest BCUT2D eigenvalue weighted by Crippen LogP contribution is 2.29. The number of hydrogen-bond acceptors (Lipinski definition) is 4. The Labute approximate surface area is 178 Å². The molecule has 0 radical (unpaired) electrons. The molecule has 1 aromatic heterocycles. The van der Waals surface area contributed by atoms with E-state index in [9.17, 15) is 4.79 Å². The fourth-order valence-electron chi connectivity index (χ4n) is 3.52. The molecule has 1 saturated heterocycles. The van der Waals surface area contributed by atoms with E-state index in [1.54, 1.807) is 0 Å². The van der Waals surface area contributed by atoms with Gasteiger partial charge in [-0.2, -0.15) is 4.98 Å². The number of aromatic nitrogens is 2. The maximum Gasteiger partial charge on any atom is 0.321 e. The van der Waals surface area contributed by atoms with Gasteiger partial charge in [0.2, 0.25) is 11.7 Å². The van der Waals surface area contributed by atoms with E-state index >= 15 is 0 Å². The zero-order valence-corrected chi connectivity index (χ0v) is 17.9. The van der Waals surface area contributed by atoms with Gasteiger partial charge in [-0.05, 0) is 61.2 Å². The van der Waals surface area contributed by atoms with Gasteiger partial charge < -0.3 is 14.7 Å². The van der Waals surface area contributed by atoms with Crippen LogP contribution in [0.3, 0.4) is 0 Å². The number of nitrogens with one attached hydrogen (secondary N) is 1. The van der Waals surface area contributed by atoms with Gasteiger partial charge in [-0.1, -0.05) is 40.1 Å². The summed E-state index contributed by atoms with van der Waals surface area (Å²) in [5, 5.41) is 7.13. The average molecular weight is 455 g/mol. The first-order chi connectivity index (χ1) is 14.1. The molecule has 29 heavy (non-hydrogen) atoms. The normalized spacial score (nSPS) is 14.8. The number of anilines is 1. The third-order valence-electron chi connectivity index (χ3n) is 5.26. The van der Waals surface area contributed by atoms with Crippen LogP contribution < -0.4 is 5.32 Å². The Balaban J connectivity index is 1.34. The van der Waals surface area contributed by atoms with Crippen molar-refractivity contribution in [3.63, 3.8) is 0 Å². The van der Waals surface area contributed by atoms with Crippen LogP contribution in [0.5, 0.6) is 0 Å². The lowest BCUT2D eigenvalue weighted by atomic mass is 9.97. The Morgan fingerprint density at radius 2 is 1.97 bits per heavy atom. The van der Waals surface area contributed by atoms with Crippen LogP contribution in [0, 0.1) is 0 Å². The molecule has 1 aliphatic rings. The first-order valence-electron chi connectivity index (χ1n) is 9.87. The second-order valence-corrected chi connectivity index (χ2v) is 8.12. The Kier molecular flexibility index (Phi) is 5.94. The summed E-state index contributed by atoms with van der Waals surface area (Å²) in [4.78, 5) is 19.0. The predicted octanol–water partition coefficient (Wildman–Crippen LogP) is 5.47. The van der Waals surface area contributed by atoms with Gasteiger partial charge in [0.05, 0.1) is 0 Å². The molecule has 2 heterocycles. The molecule has 4 rings (SSSR count). The predicted molar refractivity (Wildman–Crippen MR) is 116 cm³/mol. The van der Waals surface area contributed by atoms with Crippen LogP contribution in [0.1, 0.15) is 37.1 Å². The zero-order chi connectivity index (χ0) is 20.2. The fraction of sp³-hybridized carbons (Fsp3) is 0.318. The zero-order valence-electron chi connectivity index (χ0n) is 16.3. The first-order valence-corrected chi connectivity index (χ1v) is 10.7. The second-order valence-electron chi connectivity index (χ2n) is 7.21. The number of rotatable bonds is 4. The van der Waals surface area contributed by atoms with E-state index in [0.717, 1.165) is 35.0 Å². The molecule has 3 aromatic rings. The molecule has 0 spiro atoms. The summed E-state index contributed by atoms with van der Waals surface area (Å²) in [6, 6.07) is 15.7. The van der Waals surface area contributed by atoms with Crippen LogP contribution in [0.2, 0.25) is 0 Å². The number of halogens is 1. The summed E-state index contributed by atoms with van der Waals surface area (Å²) in [7, 11) is 0. The third-order valence-corrected chi connectivity index (χ3v) is 5.79. The topological polar surface area (TPSA) is 71.3 Å². The highest BCUT2D eigenvalue weighted by Gasteiger charge is 2.27. The van der Waals surface area contributed by atoms with Gasteiger partial charge in [0, 0.05) is 34.7 Å². The van der Waals surface area contributed by atoms with E-state index in [2.05, 4.69) is 44.4 Å². The number of benzene rings is 2. The number of nitrogens with zero attached hydrogens (tertiary/aromatic N) is 3. The first kappa shape index (κ1) is 19.6. The van der Waals surface area contributed by atoms with Crippen LogP contribution >= 0.6 is 15.9 Å². The Bertz CT molecular complexity index is 978. The molecule has 0 atom stereocenters. The number of carbonyl (C=O) groups excluding carboxylic acids is 1. The SMILES string of the molecule is CCc1cccc(NC(=O)N2CCC(c3nc(-c4ccc(Br)cc4)no3)CC2)c1. The highest BCUT2D eigenvalue weighted by molar-refractivity contribution is 9.10. The van der Waals surface area contributed by atoms with Gasteiger partial charge >= 0.3 is 6.03 Å². The lowest BCUT2D eigenvalue weighted by Gasteiger charge is -2.30. The standard InChI is InChI=1S/C22H23BrN4O2/c1-2-15-4-3-5-19(14-15)24-22(28)27-12-10-17(11-13-27)21-25-20(26-29-21)16-6-8-18(23)9-7-16/h3-9,14,17H,2,10-13H2,1H3,(H,24,28). The van der Waals surface area contributed by atoms with Gasteiger partial charge in [0.15, 0.2) is 0 Å². The smallest absolute Gasteiger partial charge is 0.321 e. The molecular weight excluding hydrogens is 432 g/mol. The van der Waals surface area contributed by atoms with Crippen molar-refractivity contribution < 1.29 is 9.32 Å². The van der Waals surface area contributed by atoms with Crippen molar-refractivity contribution in [3.8, 4) is 11.4 Å². The molecule has 1 fully saturated rings. The molecule has 2 amide bonds. The quantitative estimate of drug-likeness (QED) is 0.566. The lowest BCUT2D eigenvalue weighted by molar-refractivity contribution is 0.187. The van der Waals surface area contributed by atoms with Crippen LogP contribution in [0.25, 0.3) is 11.4 Å². The van der Waals surface area contributed by atoms with Crippen LogP contribution in [-0.2, 0) is 6.42 Å². The summed E-state index contributed by atoms with van der Waals surface area (Å²) in [5.74, 6) is 1.43. The number of piperidine rings is 1. The van der Waals surface area contributed by atoms with Crippen molar-refractivity contribution >= 4 is 27.6 Å². The molecule has 0 aliphatic carbocycles. The molecule has 7 heteroatoms. The molecule has 6 nitrogen and oxygen atoms in total. The van der Waals surface area contributed by atoms with E-state index in [-0.39, 0.29) is 11.9 Å². The largest absolute Gasteiger partial charge is 0.339 e. The number of urea groups is 1. The summed E-state index contributed by atoms with van der Waals surface area (Å²) in [5.41, 5.74) is 2.97. The number of amides is 2. The summed E-state index contributed by atoms with van der Waals surface area (Å²) >= 11 is 3.43. The number of carbonyl (C=O) groups is 1. The Morgan fingerprint density at radius 3 is 2.69 bits per heavy atom. The van der Waals surface area contributed by atoms with Gasteiger partial charge in [-0.15, -0.1) is 0 Å². The molecule has 150 valence electrons. The van der Waals surface area contributed by atoms with Gasteiger partial charge in [0.25, 0.3) is 0 Å². The number of hydrogen-bond donors (Lipinski definition) is 1. The molecule has 1 N–H and O–H groups in total. The summed E-state index contributed by atoms with van der Waals surface area (Å²) in [6.45, 7) is 3.44. The van der Waals surface area contributed by atoms with Gasteiger partial charge in [-0.3, -0.25) is 0 Å². The summed E-state index contributed by atoms with van der Waals surface area (Å²) in [6.07, 6.45) is 2.57. The fourth-order valence-corrected chi connectivity index (χ4v) is 3.78. The monoisotopic (exact) mass is 454 g/mol. The van der Waals surface area contributed by atoms with Crippen molar-refractivity contribution in [1.82, 2.24) is 15.0 Å². The van der Waals surface area contributed by atoms with Crippen LogP contribution in [0.4, 0.5) is 10.5 Å². The van der Waals surface area contributed by atoms with E-state index in [0.29, 0.717) is 24.8 Å². The Morgan fingerprint density at radius 1 is 1.21 bits per heavy atom. The highest BCUT2D eigenvalue weighted by atomic mass is 79.9. The second kappa shape index (κ2) is 8.78. The van der Waals surface area contributed by atoms with E-state index in [1.807, 2.05) is 47.4 Å². The van der Waals surface area contributed by atoms with Crippen molar-refractivity contribution in [2.24, 2.45) is 0 Å². The molecule has 0 unspecified atom stereocenters. The average Bonchev–Trinajstić information content (AvgIpc) is 3.25.